The Morgan fingerprint density at radius 2 is 1.67 bits per heavy atom. The Labute approximate surface area is 71.4 Å². The van der Waals surface area contributed by atoms with Crippen molar-refractivity contribution in [1.82, 2.24) is 0 Å². The van der Waals surface area contributed by atoms with E-state index in [4.69, 9.17) is 9.90 Å². The van der Waals surface area contributed by atoms with Crippen LogP contribution in [0.4, 0.5) is 0 Å². The summed E-state index contributed by atoms with van der Waals surface area (Å²) in [5.74, 6) is -1.23. The summed E-state index contributed by atoms with van der Waals surface area (Å²) in [6, 6.07) is 0. The van der Waals surface area contributed by atoms with Crippen LogP contribution in [0.2, 0.25) is 0 Å². The second kappa shape index (κ2) is 7.50. The van der Waals surface area contributed by atoms with Crippen LogP contribution in [0, 0.1) is 0 Å². The summed E-state index contributed by atoms with van der Waals surface area (Å²) in [4.78, 5) is 9.14. The molecule has 2 N–H and O–H groups in total. The monoisotopic (exact) mass is 165 g/mol. The van der Waals surface area contributed by atoms with Gasteiger partial charge in [0.2, 0.25) is 0 Å². The molecule has 1 aliphatic heterocycles. The first-order valence-electron chi connectivity index (χ1n) is 3.44. The van der Waals surface area contributed by atoms with Gasteiger partial charge in [-0.25, -0.2) is 0 Å². The maximum Gasteiger partial charge on any atom is 0.0971 e. The Balaban J connectivity index is 0.000000217. The molecule has 0 unspecified atom stereocenters. The molecule has 0 aromatic rings. The molecule has 3 nitrogen and oxygen atoms in total. The van der Waals surface area contributed by atoms with Crippen molar-refractivity contribution in [2.24, 2.45) is 0 Å². The maximum absolute atomic E-state index is 9.14. The molecule has 64 valence electrons. The zero-order chi connectivity index (χ0) is 9.23. The van der Waals surface area contributed by atoms with E-state index in [2.05, 4.69) is 6.58 Å². The predicted octanol–water partition coefficient (Wildman–Crippen LogP) is -0.931. The minimum Gasteiger partial charge on any atom is -0.545 e. The molecule has 3 heteroatoms. The van der Waals surface area contributed by atoms with Crippen molar-refractivity contribution in [2.45, 2.75) is 0 Å². The van der Waals surface area contributed by atoms with Gasteiger partial charge in [-0.15, -0.1) is 0 Å². The third kappa shape index (κ3) is 8.39. The Morgan fingerprint density at radius 3 is 2.00 bits per heavy atom. The molecule has 0 saturated carbocycles. The average Bonchev–Trinajstić information content (AvgIpc) is 2.35. The normalized spacial score (nSPS) is 12.7. The number of nitrogens with two attached hydrogens (primary N) is 1. The molecule has 0 fully saturated rings. The van der Waals surface area contributed by atoms with E-state index in [-0.39, 0.29) is 0 Å². The molecule has 0 bridgehead atoms. The standard InChI is InChI=1S/C6H7N.C3H4O2/c1-2-4-6-7-5-3-1;1-2-3(4)5/h1-7H;2H,1H2,(H,4,5). The van der Waals surface area contributed by atoms with Gasteiger partial charge < -0.3 is 9.90 Å². The summed E-state index contributed by atoms with van der Waals surface area (Å²) in [5, 5.41) is 11.1. The molecule has 1 aliphatic rings. The highest BCUT2D eigenvalue weighted by Gasteiger charge is 1.72. The third-order valence-corrected chi connectivity index (χ3v) is 0.944. The van der Waals surface area contributed by atoms with Crippen LogP contribution in [-0.2, 0) is 4.79 Å². The third-order valence-electron chi connectivity index (χ3n) is 0.944. The van der Waals surface area contributed by atoms with E-state index in [1.54, 1.807) is 0 Å². The largest absolute Gasteiger partial charge is 0.545 e. The van der Waals surface area contributed by atoms with Crippen LogP contribution in [0.5, 0.6) is 0 Å². The minimum absolute atomic E-state index is 0.722. The quantitative estimate of drug-likeness (QED) is 0.510. The number of rotatable bonds is 1. The van der Waals surface area contributed by atoms with Crippen molar-refractivity contribution in [1.29, 1.82) is 0 Å². The fourth-order valence-electron chi connectivity index (χ4n) is 0.449. The molecule has 0 aromatic heterocycles. The molecule has 12 heavy (non-hydrogen) atoms. The Kier molecular flexibility index (Phi) is 6.49. The summed E-state index contributed by atoms with van der Waals surface area (Å²) in [6.07, 6.45) is 12.7. The Hall–Kier alpha value is -1.61. The smallest absolute Gasteiger partial charge is 0.0971 e. The topological polar surface area (TPSA) is 56.7 Å². The summed E-state index contributed by atoms with van der Waals surface area (Å²) >= 11 is 0. The van der Waals surface area contributed by atoms with Crippen molar-refractivity contribution >= 4 is 5.97 Å². The molecule has 0 radical (unpaired) electrons. The molecule has 1 heterocycles. The lowest BCUT2D eigenvalue weighted by Gasteiger charge is -1.81. The summed E-state index contributed by atoms with van der Waals surface area (Å²) in [5.41, 5.74) is 0. The summed E-state index contributed by atoms with van der Waals surface area (Å²) < 4.78 is 0. The van der Waals surface area contributed by atoms with Crippen molar-refractivity contribution in [2.75, 3.05) is 0 Å². The number of quaternary nitrogens is 1. The first-order chi connectivity index (χ1) is 5.77. The molecule has 0 aromatic carbocycles. The zero-order valence-electron chi connectivity index (χ0n) is 6.64. The van der Waals surface area contributed by atoms with E-state index in [0.29, 0.717) is 0 Å². The van der Waals surface area contributed by atoms with Gasteiger partial charge >= 0.3 is 0 Å². The minimum atomic E-state index is -1.23. The van der Waals surface area contributed by atoms with Crippen molar-refractivity contribution < 1.29 is 15.2 Å². The first kappa shape index (κ1) is 10.4. The lowest BCUT2D eigenvalue weighted by atomic mass is 10.5. The number of aliphatic carboxylic acids is 1. The van der Waals surface area contributed by atoms with Gasteiger partial charge in [0, 0.05) is 0 Å². The van der Waals surface area contributed by atoms with E-state index in [1.165, 1.54) is 0 Å². The second-order valence-electron chi connectivity index (χ2n) is 1.87. The highest BCUT2D eigenvalue weighted by Crippen LogP contribution is 1.76. The van der Waals surface area contributed by atoms with E-state index in [0.717, 1.165) is 6.08 Å². The van der Waals surface area contributed by atoms with Crippen LogP contribution in [0.25, 0.3) is 0 Å². The van der Waals surface area contributed by atoms with Crippen LogP contribution < -0.4 is 10.4 Å². The number of carbonyl (C=O) groups is 1. The van der Waals surface area contributed by atoms with Gasteiger partial charge in [0.25, 0.3) is 0 Å². The summed E-state index contributed by atoms with van der Waals surface area (Å²) in [7, 11) is 0. The fraction of sp³-hybridized carbons (Fsp3) is 0. The van der Waals surface area contributed by atoms with Gasteiger partial charge in [0.1, 0.15) is 0 Å². The maximum atomic E-state index is 9.14. The second-order valence-corrected chi connectivity index (χ2v) is 1.87. The molecular formula is C9H11NO2. The van der Waals surface area contributed by atoms with Gasteiger partial charge in [-0.05, 0) is 18.2 Å². The van der Waals surface area contributed by atoms with Gasteiger partial charge in [-0.1, -0.05) is 18.7 Å². The number of carboxylic acid groups (broad SMARTS) is 1. The van der Waals surface area contributed by atoms with E-state index in [1.807, 2.05) is 42.0 Å². The lowest BCUT2D eigenvalue weighted by Crippen LogP contribution is -2.70. The molecule has 0 atom stereocenters. The molecular weight excluding hydrogens is 154 g/mol. The van der Waals surface area contributed by atoms with Crippen LogP contribution in [0.15, 0.2) is 49.4 Å². The zero-order valence-corrected chi connectivity index (χ0v) is 6.64. The Bertz CT molecular complexity index is 213. The molecule has 0 saturated heterocycles. The van der Waals surface area contributed by atoms with E-state index < -0.39 is 5.97 Å². The van der Waals surface area contributed by atoms with Crippen molar-refractivity contribution in [3.05, 3.63) is 49.4 Å². The lowest BCUT2D eigenvalue weighted by molar-refractivity contribution is -0.513. The van der Waals surface area contributed by atoms with Crippen molar-refractivity contribution in [3.8, 4) is 0 Å². The van der Waals surface area contributed by atoms with Crippen LogP contribution in [-0.4, -0.2) is 5.97 Å². The number of hydrogen-bond donors (Lipinski definition) is 1. The number of allylic oxidation sites excluding steroid dienone is 4. The SMILES string of the molecule is C1=CC=C[NH2+]C=C1.C=CC(=O)[O-]. The van der Waals surface area contributed by atoms with Crippen LogP contribution >= 0.6 is 0 Å². The van der Waals surface area contributed by atoms with Crippen LogP contribution in [0.1, 0.15) is 0 Å². The fourth-order valence-corrected chi connectivity index (χ4v) is 0.449. The van der Waals surface area contributed by atoms with Crippen molar-refractivity contribution in [3.63, 3.8) is 0 Å². The number of carboxylic acids is 1. The van der Waals surface area contributed by atoms with E-state index >= 15 is 0 Å². The van der Waals surface area contributed by atoms with Gasteiger partial charge in [0.15, 0.2) is 0 Å². The molecule has 1 rings (SSSR count). The Morgan fingerprint density at radius 1 is 1.25 bits per heavy atom. The molecule has 0 spiro atoms. The summed E-state index contributed by atoms with van der Waals surface area (Å²) in [6.45, 7) is 2.90. The van der Waals surface area contributed by atoms with E-state index in [9.17, 15) is 0 Å². The van der Waals surface area contributed by atoms with Gasteiger partial charge in [0.05, 0.1) is 18.4 Å². The average molecular weight is 165 g/mol. The number of carbonyl (C=O) groups excluding carboxylic acids is 1. The van der Waals surface area contributed by atoms with Gasteiger partial charge in [-0.2, -0.15) is 0 Å². The van der Waals surface area contributed by atoms with Crippen LogP contribution in [0.3, 0.4) is 0 Å². The highest BCUT2D eigenvalue weighted by molar-refractivity contribution is 5.76. The first-order valence-corrected chi connectivity index (χ1v) is 3.44. The number of hydrogen-bond acceptors (Lipinski definition) is 2. The highest BCUT2D eigenvalue weighted by atomic mass is 16.4. The molecule has 0 aliphatic carbocycles. The molecule has 0 amide bonds. The van der Waals surface area contributed by atoms with Gasteiger partial charge in [-0.3, -0.25) is 5.32 Å². The predicted molar refractivity (Wildman–Crippen MR) is 44.5 cm³/mol.